The van der Waals surface area contributed by atoms with E-state index in [2.05, 4.69) is 13.1 Å². The summed E-state index contributed by atoms with van der Waals surface area (Å²) in [6.45, 7) is 5.24. The smallest absolute Gasteiger partial charge is 0.150 e. The molecule has 0 amide bonds. The molecule has 0 aromatic carbocycles. The van der Waals surface area contributed by atoms with Crippen molar-refractivity contribution in [2.75, 3.05) is 13.7 Å². The maximum absolute atomic E-state index is 6.11. The largest absolute Gasteiger partial charge is 0.385 e. The molecule has 0 saturated carbocycles. The molecule has 0 saturated heterocycles. The standard InChI is InChI=1S/C7H17ClOSi/c1-9-6-4-5-7-10(2,3)8/h4-7H2,1-3H3. The molecular formula is C7H17ClOSi. The number of halogens is 1. The van der Waals surface area contributed by atoms with Crippen LogP contribution in [0.15, 0.2) is 0 Å². The van der Waals surface area contributed by atoms with Gasteiger partial charge in [-0.3, -0.25) is 0 Å². The monoisotopic (exact) mass is 180 g/mol. The van der Waals surface area contributed by atoms with E-state index >= 15 is 0 Å². The molecule has 10 heavy (non-hydrogen) atoms. The van der Waals surface area contributed by atoms with Crippen LogP contribution in [0.1, 0.15) is 12.8 Å². The van der Waals surface area contributed by atoms with Crippen molar-refractivity contribution in [2.24, 2.45) is 0 Å². The first-order chi connectivity index (χ1) is 4.56. The van der Waals surface area contributed by atoms with Crippen molar-refractivity contribution >= 4 is 18.5 Å². The predicted molar refractivity (Wildman–Crippen MR) is 49.3 cm³/mol. The fourth-order valence-electron chi connectivity index (χ4n) is 0.792. The third kappa shape index (κ3) is 8.47. The van der Waals surface area contributed by atoms with E-state index in [0.29, 0.717) is 0 Å². The van der Waals surface area contributed by atoms with E-state index in [9.17, 15) is 0 Å². The Hall–Kier alpha value is 0.467. The molecule has 0 atom stereocenters. The normalized spacial score (nSPS) is 12.0. The van der Waals surface area contributed by atoms with Gasteiger partial charge in [0.05, 0.1) is 0 Å². The molecule has 0 radical (unpaired) electrons. The van der Waals surface area contributed by atoms with Gasteiger partial charge in [0.2, 0.25) is 0 Å². The second kappa shape index (κ2) is 5.16. The molecule has 0 N–H and O–H groups in total. The van der Waals surface area contributed by atoms with Gasteiger partial charge < -0.3 is 4.74 Å². The van der Waals surface area contributed by atoms with E-state index < -0.39 is 7.38 Å². The van der Waals surface area contributed by atoms with E-state index in [1.54, 1.807) is 7.11 Å². The molecule has 1 nitrogen and oxygen atoms in total. The van der Waals surface area contributed by atoms with E-state index in [0.717, 1.165) is 13.0 Å². The lowest BCUT2D eigenvalue weighted by molar-refractivity contribution is 0.194. The van der Waals surface area contributed by atoms with Gasteiger partial charge in [0.25, 0.3) is 0 Å². The minimum atomic E-state index is -1.29. The van der Waals surface area contributed by atoms with Crippen LogP contribution in [0.3, 0.4) is 0 Å². The average molecular weight is 181 g/mol. The second-order valence-electron chi connectivity index (χ2n) is 3.17. The van der Waals surface area contributed by atoms with Crippen molar-refractivity contribution in [1.82, 2.24) is 0 Å². The Morgan fingerprint density at radius 1 is 1.30 bits per heavy atom. The molecule has 0 aliphatic carbocycles. The van der Waals surface area contributed by atoms with Crippen LogP contribution in [0.2, 0.25) is 19.1 Å². The maximum Gasteiger partial charge on any atom is 0.150 e. The first-order valence-corrected chi connectivity index (χ1v) is 7.96. The SMILES string of the molecule is COCCCC[Si](C)(C)Cl. The van der Waals surface area contributed by atoms with E-state index in [1.807, 2.05) is 0 Å². The molecule has 3 heteroatoms. The van der Waals surface area contributed by atoms with Crippen molar-refractivity contribution < 1.29 is 4.74 Å². The molecule has 0 aliphatic rings. The zero-order valence-corrected chi connectivity index (χ0v) is 8.87. The van der Waals surface area contributed by atoms with Gasteiger partial charge in [-0.05, 0) is 12.5 Å². The molecule has 0 heterocycles. The number of ether oxygens (including phenoxy) is 1. The average Bonchev–Trinajstić information content (AvgIpc) is 1.78. The summed E-state index contributed by atoms with van der Waals surface area (Å²) >= 11 is 6.11. The molecule has 0 bridgehead atoms. The highest BCUT2D eigenvalue weighted by Crippen LogP contribution is 2.17. The van der Waals surface area contributed by atoms with Crippen LogP contribution in [0, 0.1) is 0 Å². The highest BCUT2D eigenvalue weighted by atomic mass is 35.6. The zero-order chi connectivity index (χ0) is 8.04. The van der Waals surface area contributed by atoms with E-state index in [1.165, 1.54) is 12.5 Å². The topological polar surface area (TPSA) is 9.23 Å². The van der Waals surface area contributed by atoms with Crippen molar-refractivity contribution in [2.45, 2.75) is 32.0 Å². The molecule has 62 valence electrons. The van der Waals surface area contributed by atoms with Crippen LogP contribution < -0.4 is 0 Å². The van der Waals surface area contributed by atoms with Crippen LogP contribution in [0.5, 0.6) is 0 Å². The molecule has 0 unspecified atom stereocenters. The summed E-state index contributed by atoms with van der Waals surface area (Å²) in [7, 11) is 0.449. The summed E-state index contributed by atoms with van der Waals surface area (Å²) in [5, 5.41) is 0. The molecule has 0 rings (SSSR count). The van der Waals surface area contributed by atoms with Crippen LogP contribution in [-0.2, 0) is 4.74 Å². The number of methoxy groups -OCH3 is 1. The zero-order valence-electron chi connectivity index (χ0n) is 7.11. The predicted octanol–water partition coefficient (Wildman–Crippen LogP) is 2.86. The summed E-state index contributed by atoms with van der Waals surface area (Å²) in [4.78, 5) is 0. The van der Waals surface area contributed by atoms with Crippen molar-refractivity contribution in [3.8, 4) is 0 Å². The van der Waals surface area contributed by atoms with Crippen molar-refractivity contribution in [3.05, 3.63) is 0 Å². The van der Waals surface area contributed by atoms with Gasteiger partial charge >= 0.3 is 0 Å². The lowest BCUT2D eigenvalue weighted by Gasteiger charge is -2.11. The summed E-state index contributed by atoms with van der Waals surface area (Å²) in [6, 6.07) is 1.21. The second-order valence-corrected chi connectivity index (χ2v) is 10.2. The number of hydrogen-bond donors (Lipinski definition) is 0. The van der Waals surface area contributed by atoms with E-state index in [-0.39, 0.29) is 0 Å². The van der Waals surface area contributed by atoms with Gasteiger partial charge in [0, 0.05) is 13.7 Å². The molecular weight excluding hydrogens is 164 g/mol. The minimum Gasteiger partial charge on any atom is -0.385 e. The quantitative estimate of drug-likeness (QED) is 0.359. The minimum absolute atomic E-state index is 0.876. The summed E-state index contributed by atoms with van der Waals surface area (Å²) in [5.74, 6) is 0. The number of rotatable bonds is 5. The van der Waals surface area contributed by atoms with Gasteiger partial charge in [0.1, 0.15) is 7.38 Å². The number of unbranched alkanes of at least 4 members (excludes halogenated alkanes) is 1. The third-order valence-electron chi connectivity index (χ3n) is 1.37. The van der Waals surface area contributed by atoms with E-state index in [4.69, 9.17) is 15.8 Å². The number of hydrogen-bond acceptors (Lipinski definition) is 1. The summed E-state index contributed by atoms with van der Waals surface area (Å²) < 4.78 is 4.93. The van der Waals surface area contributed by atoms with Crippen LogP contribution in [0.4, 0.5) is 0 Å². The fourth-order valence-corrected chi connectivity index (χ4v) is 2.28. The fraction of sp³-hybridized carbons (Fsp3) is 1.00. The Bertz CT molecular complexity index is 80.2. The molecule has 0 aromatic heterocycles. The third-order valence-corrected chi connectivity index (χ3v) is 3.48. The lowest BCUT2D eigenvalue weighted by Crippen LogP contribution is -2.15. The lowest BCUT2D eigenvalue weighted by atomic mass is 10.4. The first-order valence-electron chi connectivity index (χ1n) is 3.74. The van der Waals surface area contributed by atoms with Gasteiger partial charge in [-0.1, -0.05) is 19.5 Å². The first kappa shape index (κ1) is 10.5. The highest BCUT2D eigenvalue weighted by molar-refractivity contribution is 7.19. The molecule has 0 spiro atoms. The molecule has 0 aromatic rings. The Balaban J connectivity index is 3.04. The van der Waals surface area contributed by atoms with Gasteiger partial charge in [-0.25, -0.2) is 0 Å². The van der Waals surface area contributed by atoms with Crippen LogP contribution in [-0.4, -0.2) is 21.1 Å². The summed E-state index contributed by atoms with van der Waals surface area (Å²) in [5.41, 5.74) is 0. The highest BCUT2D eigenvalue weighted by Gasteiger charge is 2.15. The maximum atomic E-state index is 6.11. The van der Waals surface area contributed by atoms with Crippen molar-refractivity contribution in [3.63, 3.8) is 0 Å². The Kier molecular flexibility index (Phi) is 5.40. The van der Waals surface area contributed by atoms with Gasteiger partial charge in [-0.2, -0.15) is 11.1 Å². The molecule has 0 aliphatic heterocycles. The Morgan fingerprint density at radius 3 is 2.30 bits per heavy atom. The van der Waals surface area contributed by atoms with Gasteiger partial charge in [-0.15, -0.1) is 0 Å². The summed E-state index contributed by atoms with van der Waals surface area (Å²) in [6.07, 6.45) is 2.37. The molecule has 0 fully saturated rings. The van der Waals surface area contributed by atoms with Crippen LogP contribution >= 0.6 is 11.1 Å². The van der Waals surface area contributed by atoms with Gasteiger partial charge in [0.15, 0.2) is 0 Å². The Labute approximate surface area is 69.4 Å². The van der Waals surface area contributed by atoms with Crippen LogP contribution in [0.25, 0.3) is 0 Å². The van der Waals surface area contributed by atoms with Crippen molar-refractivity contribution in [1.29, 1.82) is 0 Å². The Morgan fingerprint density at radius 2 is 1.90 bits per heavy atom.